The number of thiophene rings is 1. The normalized spacial score (nSPS) is 10.7. The van der Waals surface area contributed by atoms with Gasteiger partial charge in [0, 0.05) is 5.38 Å². The summed E-state index contributed by atoms with van der Waals surface area (Å²) in [6, 6.07) is 14.9. The van der Waals surface area contributed by atoms with E-state index in [1.54, 1.807) is 22.7 Å². The van der Waals surface area contributed by atoms with Gasteiger partial charge < -0.3 is 0 Å². The van der Waals surface area contributed by atoms with Gasteiger partial charge in [0.2, 0.25) is 0 Å². The fourth-order valence-electron chi connectivity index (χ4n) is 2.05. The molecule has 3 aromatic rings. The molecule has 0 unspecified atom stereocenters. The SMILES string of the molecule is c1ccc(CCCc2nc(-c3cccs3)cs2)cc1. The Kier molecular flexibility index (Phi) is 4.06. The average Bonchev–Trinajstić information content (AvgIpc) is 3.10. The minimum Gasteiger partial charge on any atom is -0.240 e. The maximum Gasteiger partial charge on any atom is 0.0933 e. The van der Waals surface area contributed by atoms with E-state index in [0.717, 1.165) is 18.5 Å². The molecule has 19 heavy (non-hydrogen) atoms. The van der Waals surface area contributed by atoms with Crippen molar-refractivity contribution < 1.29 is 0 Å². The zero-order valence-corrected chi connectivity index (χ0v) is 12.2. The van der Waals surface area contributed by atoms with Crippen molar-refractivity contribution in [3.05, 3.63) is 63.8 Å². The molecule has 0 saturated heterocycles. The van der Waals surface area contributed by atoms with E-state index >= 15 is 0 Å². The Hall–Kier alpha value is -1.45. The molecule has 0 bridgehead atoms. The number of aryl methyl sites for hydroxylation is 2. The number of nitrogens with zero attached hydrogens (tertiary/aromatic N) is 1. The quantitative estimate of drug-likeness (QED) is 0.639. The number of aromatic nitrogens is 1. The highest BCUT2D eigenvalue weighted by Crippen LogP contribution is 2.26. The van der Waals surface area contributed by atoms with Crippen molar-refractivity contribution in [2.75, 3.05) is 0 Å². The van der Waals surface area contributed by atoms with E-state index in [1.165, 1.54) is 21.9 Å². The molecular weight excluding hydrogens is 270 g/mol. The molecule has 2 aromatic heterocycles. The molecule has 0 aliphatic heterocycles. The van der Waals surface area contributed by atoms with E-state index in [1.807, 2.05) is 0 Å². The topological polar surface area (TPSA) is 12.9 Å². The molecule has 0 aliphatic rings. The summed E-state index contributed by atoms with van der Waals surface area (Å²) in [5.41, 5.74) is 2.55. The lowest BCUT2D eigenvalue weighted by molar-refractivity contribution is 0.815. The molecule has 0 radical (unpaired) electrons. The first-order valence-electron chi connectivity index (χ1n) is 6.44. The van der Waals surface area contributed by atoms with Crippen LogP contribution in [0.3, 0.4) is 0 Å². The minimum absolute atomic E-state index is 1.07. The summed E-state index contributed by atoms with van der Waals surface area (Å²) >= 11 is 3.53. The molecule has 1 aromatic carbocycles. The summed E-state index contributed by atoms with van der Waals surface area (Å²) in [7, 11) is 0. The molecule has 0 fully saturated rings. The summed E-state index contributed by atoms with van der Waals surface area (Å²) in [6.45, 7) is 0. The monoisotopic (exact) mass is 285 g/mol. The highest BCUT2D eigenvalue weighted by molar-refractivity contribution is 7.14. The molecule has 1 nitrogen and oxygen atoms in total. The Labute approximate surface area is 121 Å². The van der Waals surface area contributed by atoms with Gasteiger partial charge in [-0.1, -0.05) is 36.4 Å². The largest absolute Gasteiger partial charge is 0.240 e. The molecule has 0 atom stereocenters. The fraction of sp³-hybridized carbons (Fsp3) is 0.188. The van der Waals surface area contributed by atoms with E-state index in [2.05, 4.69) is 53.2 Å². The summed E-state index contributed by atoms with van der Waals surface area (Å²) in [5.74, 6) is 0. The Morgan fingerprint density at radius 3 is 2.58 bits per heavy atom. The zero-order valence-electron chi connectivity index (χ0n) is 10.6. The molecule has 96 valence electrons. The van der Waals surface area contributed by atoms with Gasteiger partial charge in [-0.2, -0.15) is 0 Å². The molecular formula is C16H15NS2. The fourth-order valence-corrected chi connectivity index (χ4v) is 3.65. The molecule has 3 rings (SSSR count). The Morgan fingerprint density at radius 1 is 0.895 bits per heavy atom. The molecule has 2 heterocycles. The predicted octanol–water partition coefficient (Wildman–Crippen LogP) is 5.05. The van der Waals surface area contributed by atoms with Crippen molar-refractivity contribution in [1.82, 2.24) is 4.98 Å². The number of thiazole rings is 1. The van der Waals surface area contributed by atoms with Crippen LogP contribution in [0.25, 0.3) is 10.6 Å². The highest BCUT2D eigenvalue weighted by atomic mass is 32.1. The lowest BCUT2D eigenvalue weighted by atomic mass is 10.1. The zero-order chi connectivity index (χ0) is 12.9. The standard InChI is InChI=1S/C16H15NS2/c1-2-6-13(7-3-1)8-4-10-16-17-14(12-19-16)15-9-5-11-18-15/h1-3,5-7,9,11-12H,4,8,10H2. The van der Waals surface area contributed by atoms with Crippen LogP contribution in [0.5, 0.6) is 0 Å². The molecule has 0 saturated carbocycles. The van der Waals surface area contributed by atoms with Crippen LogP contribution >= 0.6 is 22.7 Å². The van der Waals surface area contributed by atoms with Gasteiger partial charge in [-0.25, -0.2) is 4.98 Å². The van der Waals surface area contributed by atoms with Gasteiger partial charge in [0.15, 0.2) is 0 Å². The first-order valence-corrected chi connectivity index (χ1v) is 8.20. The van der Waals surface area contributed by atoms with Crippen molar-refractivity contribution >= 4 is 22.7 Å². The summed E-state index contributed by atoms with van der Waals surface area (Å²) in [6.07, 6.45) is 3.38. The average molecular weight is 285 g/mol. The first kappa shape index (κ1) is 12.6. The summed E-state index contributed by atoms with van der Waals surface area (Å²) in [4.78, 5) is 5.98. The third kappa shape index (κ3) is 3.31. The van der Waals surface area contributed by atoms with Crippen molar-refractivity contribution in [3.63, 3.8) is 0 Å². The number of rotatable bonds is 5. The van der Waals surface area contributed by atoms with Crippen molar-refractivity contribution in [1.29, 1.82) is 0 Å². The van der Waals surface area contributed by atoms with Gasteiger partial charge in [-0.15, -0.1) is 22.7 Å². The second-order valence-corrected chi connectivity index (χ2v) is 6.33. The van der Waals surface area contributed by atoms with Gasteiger partial charge >= 0.3 is 0 Å². The second-order valence-electron chi connectivity index (χ2n) is 4.44. The van der Waals surface area contributed by atoms with E-state index in [4.69, 9.17) is 4.98 Å². The number of benzene rings is 1. The highest BCUT2D eigenvalue weighted by Gasteiger charge is 2.05. The van der Waals surface area contributed by atoms with Crippen LogP contribution in [0.4, 0.5) is 0 Å². The Bertz CT molecular complexity index is 611. The van der Waals surface area contributed by atoms with Crippen molar-refractivity contribution in [3.8, 4) is 10.6 Å². The van der Waals surface area contributed by atoms with Crippen LogP contribution in [-0.2, 0) is 12.8 Å². The predicted molar refractivity (Wildman–Crippen MR) is 83.9 cm³/mol. The van der Waals surface area contributed by atoms with Gasteiger partial charge in [-0.3, -0.25) is 0 Å². The van der Waals surface area contributed by atoms with E-state index in [0.29, 0.717) is 0 Å². The van der Waals surface area contributed by atoms with Crippen LogP contribution in [0.15, 0.2) is 53.2 Å². The lowest BCUT2D eigenvalue weighted by Crippen LogP contribution is -1.89. The van der Waals surface area contributed by atoms with Crippen LogP contribution in [0.2, 0.25) is 0 Å². The van der Waals surface area contributed by atoms with Crippen LogP contribution < -0.4 is 0 Å². The second kappa shape index (κ2) is 6.13. The smallest absolute Gasteiger partial charge is 0.0933 e. The Morgan fingerprint density at radius 2 is 1.79 bits per heavy atom. The van der Waals surface area contributed by atoms with Gasteiger partial charge in [0.1, 0.15) is 0 Å². The van der Waals surface area contributed by atoms with Crippen LogP contribution in [0, 0.1) is 0 Å². The number of hydrogen-bond acceptors (Lipinski definition) is 3. The van der Waals surface area contributed by atoms with Gasteiger partial charge in [0.25, 0.3) is 0 Å². The van der Waals surface area contributed by atoms with Crippen molar-refractivity contribution in [2.24, 2.45) is 0 Å². The van der Waals surface area contributed by atoms with Crippen LogP contribution in [0.1, 0.15) is 17.0 Å². The van der Waals surface area contributed by atoms with E-state index in [9.17, 15) is 0 Å². The summed E-state index contributed by atoms with van der Waals surface area (Å²) in [5, 5.41) is 5.52. The molecule has 3 heteroatoms. The van der Waals surface area contributed by atoms with Crippen molar-refractivity contribution in [2.45, 2.75) is 19.3 Å². The minimum atomic E-state index is 1.07. The Balaban J connectivity index is 1.56. The maximum atomic E-state index is 4.71. The molecule has 0 amide bonds. The van der Waals surface area contributed by atoms with Crippen LogP contribution in [-0.4, -0.2) is 4.98 Å². The molecule has 0 aliphatic carbocycles. The maximum absolute atomic E-state index is 4.71. The lowest BCUT2D eigenvalue weighted by Gasteiger charge is -1.99. The third-order valence-corrected chi connectivity index (χ3v) is 4.83. The van der Waals surface area contributed by atoms with Gasteiger partial charge in [-0.05, 0) is 36.3 Å². The van der Waals surface area contributed by atoms with Gasteiger partial charge in [0.05, 0.1) is 15.6 Å². The van der Waals surface area contributed by atoms with E-state index in [-0.39, 0.29) is 0 Å². The molecule has 0 spiro atoms. The third-order valence-electron chi connectivity index (χ3n) is 3.02. The first-order chi connectivity index (χ1) is 9.42. The molecule has 0 N–H and O–H groups in total. The summed E-state index contributed by atoms with van der Waals surface area (Å²) < 4.78 is 0. The number of hydrogen-bond donors (Lipinski definition) is 0. The van der Waals surface area contributed by atoms with E-state index < -0.39 is 0 Å².